The summed E-state index contributed by atoms with van der Waals surface area (Å²) in [4.78, 5) is 20.1. The van der Waals surface area contributed by atoms with Gasteiger partial charge in [0.2, 0.25) is 0 Å². The van der Waals surface area contributed by atoms with Crippen LogP contribution in [0, 0.1) is 5.82 Å². The molecule has 44 heavy (non-hydrogen) atoms. The molecule has 6 aromatic rings. The molecule has 1 aromatic heterocycles. The number of hydrogen-bond acceptors (Lipinski definition) is 4. The molecule has 2 aliphatic rings. The average molecular weight is 595 g/mol. The first kappa shape index (κ1) is 26.5. The van der Waals surface area contributed by atoms with E-state index in [4.69, 9.17) is 9.73 Å². The van der Waals surface area contributed by atoms with Crippen LogP contribution in [0.15, 0.2) is 131 Å². The highest BCUT2D eigenvalue weighted by atomic mass is 32.1. The summed E-state index contributed by atoms with van der Waals surface area (Å²) in [6.07, 6.45) is 3.60. The molecule has 0 unspecified atom stereocenters. The van der Waals surface area contributed by atoms with Gasteiger partial charge in [-0.3, -0.25) is 9.36 Å². The summed E-state index contributed by atoms with van der Waals surface area (Å²) in [7, 11) is 0. The van der Waals surface area contributed by atoms with E-state index in [1.165, 1.54) is 29.0 Å². The van der Waals surface area contributed by atoms with Crippen LogP contribution in [0.1, 0.15) is 40.3 Å². The number of aryl methyl sites for hydroxylation is 1. The summed E-state index contributed by atoms with van der Waals surface area (Å²) in [5.41, 5.74) is 7.05. The topological polar surface area (TPSA) is 43.6 Å². The molecule has 5 aromatic carbocycles. The third kappa shape index (κ3) is 4.59. The second-order valence-electron chi connectivity index (χ2n) is 11.1. The van der Waals surface area contributed by atoms with Gasteiger partial charge in [0.05, 0.1) is 16.3 Å². The van der Waals surface area contributed by atoms with Crippen molar-refractivity contribution in [1.29, 1.82) is 0 Å². The Kier molecular flexibility index (Phi) is 6.57. The Morgan fingerprint density at radius 1 is 0.864 bits per heavy atom. The minimum Gasteiger partial charge on any atom is -0.488 e. The number of allylic oxidation sites excluding steroid dienone is 1. The molecule has 0 saturated carbocycles. The standard InChI is InChI=1S/C38H27FN2O2S/c39-28-18-14-27(15-19-28)36-31-20-16-26-11-5-7-13-30(26)35(31)40-38-41(36)37(42)34(44-38)22-32-29-12-6-4-10-25(29)17-21-33(32)43-23-24-8-2-1-3-9-24/h1-15,17-19,21-22,36H,16,20,23H2/b34-22+/t36-/m1/s1. The van der Waals surface area contributed by atoms with E-state index in [0.29, 0.717) is 21.7 Å². The van der Waals surface area contributed by atoms with Crippen molar-refractivity contribution in [3.8, 4) is 5.75 Å². The lowest BCUT2D eigenvalue weighted by atomic mass is 9.83. The van der Waals surface area contributed by atoms with Crippen LogP contribution in [0.4, 0.5) is 4.39 Å². The molecule has 1 aliphatic heterocycles. The van der Waals surface area contributed by atoms with E-state index in [9.17, 15) is 9.18 Å². The highest BCUT2D eigenvalue weighted by Crippen LogP contribution is 2.41. The first-order chi connectivity index (χ1) is 21.6. The molecule has 1 aliphatic carbocycles. The van der Waals surface area contributed by atoms with Crippen LogP contribution in [0.25, 0.3) is 22.5 Å². The molecule has 0 fully saturated rings. The van der Waals surface area contributed by atoms with Crippen LogP contribution in [0.3, 0.4) is 0 Å². The van der Waals surface area contributed by atoms with Gasteiger partial charge in [0.25, 0.3) is 5.56 Å². The van der Waals surface area contributed by atoms with Crippen molar-refractivity contribution in [2.75, 3.05) is 0 Å². The number of ether oxygens (including phenoxy) is 1. The van der Waals surface area contributed by atoms with Gasteiger partial charge in [-0.15, -0.1) is 0 Å². The smallest absolute Gasteiger partial charge is 0.271 e. The van der Waals surface area contributed by atoms with Gasteiger partial charge in [-0.05, 0) is 70.2 Å². The van der Waals surface area contributed by atoms with Crippen molar-refractivity contribution in [3.05, 3.63) is 174 Å². The number of halogens is 1. The number of thiazole rings is 1. The minimum absolute atomic E-state index is 0.115. The molecule has 214 valence electrons. The van der Waals surface area contributed by atoms with E-state index in [1.54, 1.807) is 16.7 Å². The third-order valence-corrected chi connectivity index (χ3v) is 9.48. The summed E-state index contributed by atoms with van der Waals surface area (Å²) in [5, 5.41) is 2.07. The van der Waals surface area contributed by atoms with E-state index in [0.717, 1.165) is 57.1 Å². The summed E-state index contributed by atoms with van der Waals surface area (Å²) in [5.74, 6) is 0.407. The zero-order valence-corrected chi connectivity index (χ0v) is 24.6. The number of nitrogens with zero attached hydrogens (tertiary/aromatic N) is 2. The summed E-state index contributed by atoms with van der Waals surface area (Å²) in [6.45, 7) is 0.415. The molecule has 4 nitrogen and oxygen atoms in total. The van der Waals surface area contributed by atoms with Crippen molar-refractivity contribution in [3.63, 3.8) is 0 Å². The zero-order chi connectivity index (χ0) is 29.6. The molecule has 0 N–H and O–H groups in total. The second-order valence-corrected chi connectivity index (χ2v) is 12.1. The average Bonchev–Trinajstić information content (AvgIpc) is 3.38. The predicted octanol–water partition coefficient (Wildman–Crippen LogP) is 7.19. The molecular formula is C38H27FN2O2S. The first-order valence-electron chi connectivity index (χ1n) is 14.7. The summed E-state index contributed by atoms with van der Waals surface area (Å²) >= 11 is 1.38. The lowest BCUT2D eigenvalue weighted by molar-refractivity contribution is 0.306. The van der Waals surface area contributed by atoms with Crippen molar-refractivity contribution < 1.29 is 9.13 Å². The quantitative estimate of drug-likeness (QED) is 0.212. The molecule has 6 heteroatoms. The van der Waals surface area contributed by atoms with Gasteiger partial charge in [0.15, 0.2) is 4.80 Å². The van der Waals surface area contributed by atoms with Crippen molar-refractivity contribution in [1.82, 2.24) is 4.57 Å². The fourth-order valence-corrected chi connectivity index (χ4v) is 7.37. The molecule has 8 rings (SSSR count). The van der Waals surface area contributed by atoms with Crippen LogP contribution in [-0.2, 0) is 13.0 Å². The van der Waals surface area contributed by atoms with Gasteiger partial charge in [0.1, 0.15) is 18.2 Å². The Balaban J connectivity index is 1.33. The molecule has 0 amide bonds. The third-order valence-electron chi connectivity index (χ3n) is 8.50. The van der Waals surface area contributed by atoms with Gasteiger partial charge >= 0.3 is 0 Å². The largest absolute Gasteiger partial charge is 0.488 e. The Hall–Kier alpha value is -5.07. The van der Waals surface area contributed by atoms with Crippen LogP contribution < -0.4 is 19.6 Å². The maximum atomic E-state index is 14.4. The van der Waals surface area contributed by atoms with Crippen LogP contribution in [0.2, 0.25) is 0 Å². The van der Waals surface area contributed by atoms with Crippen LogP contribution in [-0.4, -0.2) is 4.57 Å². The lowest BCUT2D eigenvalue weighted by Crippen LogP contribution is -2.38. The molecule has 0 saturated heterocycles. The van der Waals surface area contributed by atoms with Gasteiger partial charge in [-0.25, -0.2) is 9.38 Å². The maximum Gasteiger partial charge on any atom is 0.271 e. The number of rotatable bonds is 5. The van der Waals surface area contributed by atoms with E-state index in [2.05, 4.69) is 36.4 Å². The molecule has 0 spiro atoms. The Morgan fingerprint density at radius 3 is 2.50 bits per heavy atom. The minimum atomic E-state index is -0.362. The SMILES string of the molecule is O=c1/c(=C\c2c(OCc3ccccc3)ccc3ccccc23)sc2n1[C@H](c1ccc(F)cc1)C1=C(N=2)c2ccccc2CC1. The fourth-order valence-electron chi connectivity index (χ4n) is 6.38. The predicted molar refractivity (Wildman–Crippen MR) is 174 cm³/mol. The maximum absolute atomic E-state index is 14.4. The van der Waals surface area contributed by atoms with Crippen LogP contribution in [0.5, 0.6) is 5.75 Å². The lowest BCUT2D eigenvalue weighted by Gasteiger charge is -2.30. The summed E-state index contributed by atoms with van der Waals surface area (Å²) in [6, 6.07) is 36.7. The van der Waals surface area contributed by atoms with Crippen LogP contribution >= 0.6 is 11.3 Å². The zero-order valence-electron chi connectivity index (χ0n) is 23.7. The Bertz CT molecular complexity index is 2270. The van der Waals surface area contributed by atoms with E-state index in [-0.39, 0.29) is 17.4 Å². The second kappa shape index (κ2) is 10.9. The fraction of sp³-hybridized carbons (Fsp3) is 0.105. The monoisotopic (exact) mass is 594 g/mol. The number of fused-ring (bicyclic) bond motifs is 4. The number of aromatic nitrogens is 1. The normalized spacial score (nSPS) is 15.8. The molecule has 1 atom stereocenters. The van der Waals surface area contributed by atoms with Gasteiger partial charge < -0.3 is 4.74 Å². The Morgan fingerprint density at radius 2 is 1.64 bits per heavy atom. The molecule has 0 radical (unpaired) electrons. The number of hydrogen-bond donors (Lipinski definition) is 0. The highest BCUT2D eigenvalue weighted by Gasteiger charge is 2.32. The Labute approximate surface area is 257 Å². The van der Waals surface area contributed by atoms with Gasteiger partial charge in [-0.1, -0.05) is 108 Å². The molecule has 0 bridgehead atoms. The van der Waals surface area contributed by atoms with Crippen molar-refractivity contribution in [2.45, 2.75) is 25.5 Å². The van der Waals surface area contributed by atoms with E-state index in [1.807, 2.05) is 60.7 Å². The summed E-state index contributed by atoms with van der Waals surface area (Å²) < 4.78 is 22.8. The van der Waals surface area contributed by atoms with E-state index < -0.39 is 0 Å². The van der Waals surface area contributed by atoms with Crippen molar-refractivity contribution >= 4 is 33.9 Å². The van der Waals surface area contributed by atoms with Gasteiger partial charge in [0, 0.05) is 11.1 Å². The van der Waals surface area contributed by atoms with E-state index >= 15 is 0 Å². The number of benzene rings is 5. The molecular weight excluding hydrogens is 567 g/mol. The first-order valence-corrected chi connectivity index (χ1v) is 15.5. The highest BCUT2D eigenvalue weighted by molar-refractivity contribution is 7.07. The molecule has 2 heterocycles. The van der Waals surface area contributed by atoms with Gasteiger partial charge in [-0.2, -0.15) is 0 Å². The van der Waals surface area contributed by atoms with Crippen molar-refractivity contribution in [2.24, 2.45) is 4.99 Å².